The van der Waals surface area contributed by atoms with Crippen LogP contribution in [0.4, 0.5) is 0 Å². The number of ether oxygens (including phenoxy) is 1. The molecule has 0 amide bonds. The minimum absolute atomic E-state index is 0.0228. The van der Waals surface area contributed by atoms with Crippen LogP contribution in [0.3, 0.4) is 0 Å². The molecule has 0 aliphatic carbocycles. The van der Waals surface area contributed by atoms with Crippen LogP contribution in [0, 0.1) is 0 Å². The number of hydrogen-bond donors (Lipinski definition) is 0. The first-order valence-corrected chi connectivity index (χ1v) is 9.46. The van der Waals surface area contributed by atoms with Crippen LogP contribution >= 0.6 is 0 Å². The summed E-state index contributed by atoms with van der Waals surface area (Å²) >= 11 is 0. The van der Waals surface area contributed by atoms with Crippen LogP contribution in [0.15, 0.2) is 48.7 Å². The molecule has 1 heterocycles. The number of carbonyl (C=O) groups is 1. The molecule has 8 heteroatoms. The summed E-state index contributed by atoms with van der Waals surface area (Å²) in [6.07, 6.45) is 2.65. The smallest absolute Gasteiger partial charge is 0.337 e. The largest absolute Gasteiger partial charge is 0.465 e. The van der Waals surface area contributed by atoms with Crippen LogP contribution in [0.5, 0.6) is 0 Å². The monoisotopic (exact) mass is 372 g/mol. The number of aromatic nitrogens is 2. The van der Waals surface area contributed by atoms with Gasteiger partial charge < -0.3 is 4.74 Å². The van der Waals surface area contributed by atoms with Gasteiger partial charge in [0.25, 0.3) is 10.1 Å². The van der Waals surface area contributed by atoms with Crippen molar-refractivity contribution in [1.82, 2.24) is 9.97 Å². The lowest BCUT2D eigenvalue weighted by Gasteiger charge is -2.06. The Labute approximate surface area is 150 Å². The zero-order chi connectivity index (χ0) is 18.7. The van der Waals surface area contributed by atoms with E-state index in [1.54, 1.807) is 48.7 Å². The van der Waals surface area contributed by atoms with Crippen molar-refractivity contribution in [1.29, 1.82) is 0 Å². The average Bonchev–Trinajstić information content (AvgIpc) is 2.64. The van der Waals surface area contributed by atoms with Gasteiger partial charge in [0.2, 0.25) is 0 Å². The Bertz CT molecular complexity index is 1060. The van der Waals surface area contributed by atoms with E-state index in [0.29, 0.717) is 22.3 Å². The Kier molecular flexibility index (Phi) is 4.97. The zero-order valence-corrected chi connectivity index (χ0v) is 15.0. The first-order chi connectivity index (χ1) is 12.4. The molecule has 2 aromatic carbocycles. The van der Waals surface area contributed by atoms with Crippen molar-refractivity contribution >= 4 is 27.1 Å². The van der Waals surface area contributed by atoms with Gasteiger partial charge in [-0.05, 0) is 23.8 Å². The zero-order valence-electron chi connectivity index (χ0n) is 14.2. The number of nitrogens with zero attached hydrogens (tertiary/aromatic N) is 2. The molecule has 134 valence electrons. The SMILES string of the molecule is COC(=O)c1ccc2ncc(-c3ccc(COS(C)(=O)=O)cc3)nc2c1. The molecular formula is C18H16N2O5S. The predicted octanol–water partition coefficient (Wildman–Crippen LogP) is 2.56. The summed E-state index contributed by atoms with van der Waals surface area (Å²) in [5.74, 6) is -0.436. The van der Waals surface area contributed by atoms with Gasteiger partial charge >= 0.3 is 5.97 Å². The van der Waals surface area contributed by atoms with E-state index >= 15 is 0 Å². The molecular weight excluding hydrogens is 356 g/mol. The molecule has 1 aromatic heterocycles. The second-order valence-corrected chi connectivity index (χ2v) is 7.26. The molecule has 0 bridgehead atoms. The summed E-state index contributed by atoms with van der Waals surface area (Å²) in [6, 6.07) is 12.1. The fourth-order valence-corrected chi connectivity index (χ4v) is 2.69. The van der Waals surface area contributed by atoms with Gasteiger partial charge in [0.15, 0.2) is 0 Å². The first-order valence-electron chi connectivity index (χ1n) is 7.64. The lowest BCUT2D eigenvalue weighted by Crippen LogP contribution is -2.02. The van der Waals surface area contributed by atoms with E-state index in [0.717, 1.165) is 17.4 Å². The first kappa shape index (κ1) is 18.0. The molecule has 0 N–H and O–H groups in total. The average molecular weight is 372 g/mol. The highest BCUT2D eigenvalue weighted by Gasteiger charge is 2.09. The Balaban J connectivity index is 1.88. The maximum atomic E-state index is 11.7. The summed E-state index contributed by atoms with van der Waals surface area (Å²) in [5.41, 5.74) is 3.82. The number of carbonyl (C=O) groups excluding carboxylic acids is 1. The standard InChI is InChI=1S/C18H16N2O5S/c1-24-18(21)14-7-8-15-16(9-14)20-17(10-19-15)13-5-3-12(4-6-13)11-25-26(2,22)23/h3-10H,11H2,1-2H3. The lowest BCUT2D eigenvalue weighted by atomic mass is 10.1. The number of fused-ring (bicyclic) bond motifs is 1. The maximum Gasteiger partial charge on any atom is 0.337 e. The third-order valence-electron chi connectivity index (χ3n) is 3.65. The van der Waals surface area contributed by atoms with E-state index < -0.39 is 16.1 Å². The van der Waals surface area contributed by atoms with Gasteiger partial charge in [0.1, 0.15) is 0 Å². The normalized spacial score (nSPS) is 11.5. The quantitative estimate of drug-likeness (QED) is 0.502. The predicted molar refractivity (Wildman–Crippen MR) is 95.9 cm³/mol. The molecule has 3 aromatic rings. The molecule has 26 heavy (non-hydrogen) atoms. The Morgan fingerprint density at radius 2 is 1.81 bits per heavy atom. The van der Waals surface area contributed by atoms with Crippen LogP contribution < -0.4 is 0 Å². The summed E-state index contributed by atoms with van der Waals surface area (Å²) < 4.78 is 31.6. The van der Waals surface area contributed by atoms with Gasteiger partial charge in [0.05, 0.1) is 48.5 Å². The minimum Gasteiger partial charge on any atom is -0.465 e. The maximum absolute atomic E-state index is 11.7. The van der Waals surface area contributed by atoms with Crippen molar-refractivity contribution in [2.75, 3.05) is 13.4 Å². The third-order valence-corrected chi connectivity index (χ3v) is 4.20. The number of benzene rings is 2. The van der Waals surface area contributed by atoms with Crippen LogP contribution in [-0.2, 0) is 25.6 Å². The second kappa shape index (κ2) is 7.19. The van der Waals surface area contributed by atoms with E-state index in [9.17, 15) is 13.2 Å². The van der Waals surface area contributed by atoms with Crippen molar-refractivity contribution in [2.45, 2.75) is 6.61 Å². The van der Waals surface area contributed by atoms with E-state index in [4.69, 9.17) is 8.92 Å². The molecule has 0 saturated carbocycles. The van der Waals surface area contributed by atoms with E-state index in [2.05, 4.69) is 9.97 Å². The highest BCUT2D eigenvalue weighted by Crippen LogP contribution is 2.21. The Morgan fingerprint density at radius 1 is 1.08 bits per heavy atom. The van der Waals surface area contributed by atoms with Gasteiger partial charge in [-0.2, -0.15) is 8.42 Å². The number of hydrogen-bond acceptors (Lipinski definition) is 7. The van der Waals surface area contributed by atoms with Crippen LogP contribution in [0.2, 0.25) is 0 Å². The Morgan fingerprint density at radius 3 is 2.46 bits per heavy atom. The van der Waals surface area contributed by atoms with E-state index in [1.807, 2.05) is 0 Å². The van der Waals surface area contributed by atoms with Crippen LogP contribution in [-0.4, -0.2) is 37.7 Å². The van der Waals surface area contributed by atoms with Crippen molar-refractivity contribution in [3.8, 4) is 11.3 Å². The molecule has 3 rings (SSSR count). The van der Waals surface area contributed by atoms with Gasteiger partial charge in [-0.1, -0.05) is 24.3 Å². The fourth-order valence-electron chi connectivity index (χ4n) is 2.34. The molecule has 0 unspecified atom stereocenters. The highest BCUT2D eigenvalue weighted by molar-refractivity contribution is 7.85. The summed E-state index contributed by atoms with van der Waals surface area (Å²) in [7, 11) is -2.16. The molecule has 0 saturated heterocycles. The third kappa shape index (κ3) is 4.22. The molecule has 0 spiro atoms. The van der Waals surface area contributed by atoms with E-state index in [1.165, 1.54) is 7.11 Å². The van der Waals surface area contributed by atoms with Gasteiger partial charge in [-0.25, -0.2) is 9.78 Å². The van der Waals surface area contributed by atoms with Gasteiger partial charge in [-0.3, -0.25) is 9.17 Å². The van der Waals surface area contributed by atoms with E-state index in [-0.39, 0.29) is 6.61 Å². The second-order valence-electron chi connectivity index (χ2n) is 5.61. The molecule has 0 atom stereocenters. The number of esters is 1. The minimum atomic E-state index is -3.48. The van der Waals surface area contributed by atoms with Crippen LogP contribution in [0.1, 0.15) is 15.9 Å². The van der Waals surface area contributed by atoms with Crippen molar-refractivity contribution < 1.29 is 22.1 Å². The summed E-state index contributed by atoms with van der Waals surface area (Å²) in [5, 5.41) is 0. The van der Waals surface area contributed by atoms with Gasteiger partial charge in [0, 0.05) is 5.56 Å². The number of rotatable bonds is 5. The molecule has 0 aliphatic heterocycles. The van der Waals surface area contributed by atoms with Crippen molar-refractivity contribution in [3.63, 3.8) is 0 Å². The van der Waals surface area contributed by atoms with Crippen molar-refractivity contribution in [3.05, 3.63) is 59.8 Å². The molecule has 7 nitrogen and oxygen atoms in total. The summed E-state index contributed by atoms with van der Waals surface area (Å²) in [4.78, 5) is 20.6. The van der Waals surface area contributed by atoms with Crippen LogP contribution in [0.25, 0.3) is 22.3 Å². The molecule has 0 radical (unpaired) electrons. The molecule has 0 aliphatic rings. The number of methoxy groups -OCH3 is 1. The topological polar surface area (TPSA) is 95.5 Å². The summed E-state index contributed by atoms with van der Waals surface area (Å²) in [6.45, 7) is -0.0228. The Hall–Kier alpha value is -2.84. The van der Waals surface area contributed by atoms with Crippen molar-refractivity contribution in [2.24, 2.45) is 0 Å². The highest BCUT2D eigenvalue weighted by atomic mass is 32.2. The lowest BCUT2D eigenvalue weighted by molar-refractivity contribution is 0.0601. The van der Waals surface area contributed by atoms with Gasteiger partial charge in [-0.15, -0.1) is 0 Å². The molecule has 0 fully saturated rings. The fraction of sp³-hybridized carbons (Fsp3) is 0.167.